The Bertz CT molecular complexity index is 540. The van der Waals surface area contributed by atoms with Crippen LogP contribution in [0.5, 0.6) is 0 Å². The molecule has 0 unspecified atom stereocenters. The van der Waals surface area contributed by atoms with Crippen molar-refractivity contribution in [2.75, 3.05) is 6.54 Å². The molecule has 5 heteroatoms. The largest absolute Gasteiger partial charge is 0.330 e. The molecular weight excluding hydrogens is 217 g/mol. The van der Waals surface area contributed by atoms with Crippen molar-refractivity contribution in [3.05, 3.63) is 41.5 Å². The second-order valence-electron chi connectivity index (χ2n) is 3.38. The highest BCUT2D eigenvalue weighted by Crippen LogP contribution is 2.25. The van der Waals surface area contributed by atoms with Crippen LogP contribution in [0.1, 0.15) is 5.69 Å². The number of halogens is 3. The molecule has 0 atom stereocenters. The van der Waals surface area contributed by atoms with Crippen LogP contribution in [0.3, 0.4) is 0 Å². The molecule has 0 aliphatic rings. The van der Waals surface area contributed by atoms with Crippen LogP contribution in [0.25, 0.3) is 10.8 Å². The SMILES string of the molecule is NCCc1nccc2cc(F)c(F)c(F)c12. The minimum Gasteiger partial charge on any atom is -0.330 e. The van der Waals surface area contributed by atoms with Crippen molar-refractivity contribution in [3.63, 3.8) is 0 Å². The van der Waals surface area contributed by atoms with Gasteiger partial charge in [0.1, 0.15) is 0 Å². The number of nitrogens with zero attached hydrogens (tertiary/aromatic N) is 1. The van der Waals surface area contributed by atoms with E-state index < -0.39 is 17.5 Å². The van der Waals surface area contributed by atoms with E-state index in [1.165, 1.54) is 12.3 Å². The molecular formula is C11H9F3N2. The lowest BCUT2D eigenvalue weighted by molar-refractivity contribution is 0.453. The van der Waals surface area contributed by atoms with E-state index in [1.54, 1.807) is 0 Å². The molecule has 2 rings (SSSR count). The average molecular weight is 226 g/mol. The van der Waals surface area contributed by atoms with Gasteiger partial charge in [-0.25, -0.2) is 13.2 Å². The quantitative estimate of drug-likeness (QED) is 0.797. The predicted molar refractivity (Wildman–Crippen MR) is 54.4 cm³/mol. The molecule has 0 spiro atoms. The molecule has 0 aliphatic heterocycles. The molecule has 84 valence electrons. The van der Waals surface area contributed by atoms with Crippen molar-refractivity contribution >= 4 is 10.8 Å². The van der Waals surface area contributed by atoms with Gasteiger partial charge in [-0.2, -0.15) is 0 Å². The molecule has 0 fully saturated rings. The number of aromatic nitrogens is 1. The van der Waals surface area contributed by atoms with Crippen LogP contribution in [0.4, 0.5) is 13.2 Å². The molecule has 0 bridgehead atoms. The van der Waals surface area contributed by atoms with E-state index in [4.69, 9.17) is 5.73 Å². The highest BCUT2D eigenvalue weighted by molar-refractivity contribution is 5.85. The van der Waals surface area contributed by atoms with Crippen LogP contribution >= 0.6 is 0 Å². The molecule has 1 heterocycles. The maximum atomic E-state index is 13.5. The van der Waals surface area contributed by atoms with E-state index in [1.807, 2.05) is 0 Å². The first-order valence-electron chi connectivity index (χ1n) is 4.76. The highest BCUT2D eigenvalue weighted by atomic mass is 19.2. The van der Waals surface area contributed by atoms with Crippen LogP contribution in [-0.2, 0) is 6.42 Å². The lowest BCUT2D eigenvalue weighted by Gasteiger charge is -2.06. The smallest absolute Gasteiger partial charge is 0.195 e. The number of fused-ring (bicyclic) bond motifs is 1. The fourth-order valence-electron chi connectivity index (χ4n) is 1.64. The molecule has 1 aromatic carbocycles. The zero-order valence-electron chi connectivity index (χ0n) is 8.30. The standard InChI is InChI=1S/C11H9F3N2/c12-7-5-6-2-4-16-8(1-3-15)9(6)11(14)10(7)13/h2,4-5H,1,3,15H2. The Morgan fingerprint density at radius 2 is 1.94 bits per heavy atom. The second-order valence-corrected chi connectivity index (χ2v) is 3.38. The van der Waals surface area contributed by atoms with Gasteiger partial charge in [0.05, 0.1) is 5.69 Å². The molecule has 2 N–H and O–H groups in total. The Labute approximate surface area is 89.9 Å². The predicted octanol–water partition coefficient (Wildman–Crippen LogP) is 2.15. The van der Waals surface area contributed by atoms with E-state index in [9.17, 15) is 13.2 Å². The Morgan fingerprint density at radius 3 is 2.62 bits per heavy atom. The minimum absolute atomic E-state index is 0.00634. The first-order chi connectivity index (χ1) is 7.65. The van der Waals surface area contributed by atoms with Crippen LogP contribution in [-0.4, -0.2) is 11.5 Å². The summed E-state index contributed by atoms with van der Waals surface area (Å²) >= 11 is 0. The molecule has 0 aliphatic carbocycles. The van der Waals surface area contributed by atoms with Gasteiger partial charge in [-0.3, -0.25) is 4.98 Å². The molecule has 2 nitrogen and oxygen atoms in total. The van der Waals surface area contributed by atoms with Crippen LogP contribution in [0.2, 0.25) is 0 Å². The molecule has 0 saturated heterocycles. The van der Waals surface area contributed by atoms with Crippen molar-refractivity contribution in [1.82, 2.24) is 4.98 Å². The first-order valence-corrected chi connectivity index (χ1v) is 4.76. The van der Waals surface area contributed by atoms with Crippen molar-refractivity contribution in [2.45, 2.75) is 6.42 Å². The number of hydrogen-bond donors (Lipinski definition) is 1. The summed E-state index contributed by atoms with van der Waals surface area (Å²) in [4.78, 5) is 3.92. The lowest BCUT2D eigenvalue weighted by atomic mass is 10.1. The molecule has 2 aromatic rings. The summed E-state index contributed by atoms with van der Waals surface area (Å²) in [6.45, 7) is 0.268. The highest BCUT2D eigenvalue weighted by Gasteiger charge is 2.16. The zero-order valence-corrected chi connectivity index (χ0v) is 8.30. The zero-order chi connectivity index (χ0) is 11.7. The first kappa shape index (κ1) is 10.9. The number of pyridine rings is 1. The summed E-state index contributed by atoms with van der Waals surface area (Å²) in [5, 5.41) is 0.293. The number of hydrogen-bond acceptors (Lipinski definition) is 2. The lowest BCUT2D eigenvalue weighted by Crippen LogP contribution is -2.06. The van der Waals surface area contributed by atoms with Crippen molar-refractivity contribution < 1.29 is 13.2 Å². The summed E-state index contributed by atoms with van der Waals surface area (Å²) in [7, 11) is 0. The summed E-state index contributed by atoms with van der Waals surface area (Å²) in [5.74, 6) is -3.87. The van der Waals surface area contributed by atoms with Crippen molar-refractivity contribution in [3.8, 4) is 0 Å². The fraction of sp³-hybridized carbons (Fsp3) is 0.182. The topological polar surface area (TPSA) is 38.9 Å². The van der Waals surface area contributed by atoms with Gasteiger partial charge in [0.2, 0.25) is 0 Å². The molecule has 0 radical (unpaired) electrons. The Balaban J connectivity index is 2.80. The summed E-state index contributed by atoms with van der Waals surface area (Å²) < 4.78 is 39.6. The molecule has 0 saturated carbocycles. The van der Waals surface area contributed by atoms with Crippen molar-refractivity contribution in [1.29, 1.82) is 0 Å². The van der Waals surface area contributed by atoms with E-state index >= 15 is 0 Å². The normalized spacial score (nSPS) is 11.0. The van der Waals surface area contributed by atoms with E-state index in [0.29, 0.717) is 12.1 Å². The van der Waals surface area contributed by atoms with Crippen LogP contribution < -0.4 is 5.73 Å². The average Bonchev–Trinajstić information content (AvgIpc) is 2.26. The molecule has 0 amide bonds. The van der Waals surface area contributed by atoms with Crippen LogP contribution in [0, 0.1) is 17.5 Å². The number of benzene rings is 1. The van der Waals surface area contributed by atoms with Gasteiger partial charge in [-0.1, -0.05) is 0 Å². The Hall–Kier alpha value is -1.62. The van der Waals surface area contributed by atoms with Crippen LogP contribution in [0.15, 0.2) is 18.3 Å². The van der Waals surface area contributed by atoms with E-state index in [-0.39, 0.29) is 17.3 Å². The van der Waals surface area contributed by atoms with E-state index in [2.05, 4.69) is 4.98 Å². The summed E-state index contributed by atoms with van der Waals surface area (Å²) in [5.41, 5.74) is 5.68. The molecule has 16 heavy (non-hydrogen) atoms. The number of rotatable bonds is 2. The second kappa shape index (κ2) is 4.09. The van der Waals surface area contributed by atoms with Gasteiger partial charge in [-0.05, 0) is 24.1 Å². The maximum Gasteiger partial charge on any atom is 0.195 e. The Kier molecular flexibility index (Phi) is 2.78. The van der Waals surface area contributed by atoms with Gasteiger partial charge >= 0.3 is 0 Å². The minimum atomic E-state index is -1.47. The fourth-order valence-corrected chi connectivity index (χ4v) is 1.64. The third-order valence-electron chi connectivity index (χ3n) is 2.35. The third kappa shape index (κ3) is 1.63. The van der Waals surface area contributed by atoms with Crippen molar-refractivity contribution in [2.24, 2.45) is 5.73 Å². The molecule has 1 aromatic heterocycles. The monoisotopic (exact) mass is 226 g/mol. The Morgan fingerprint density at radius 1 is 1.19 bits per heavy atom. The third-order valence-corrected chi connectivity index (χ3v) is 2.35. The van der Waals surface area contributed by atoms with Gasteiger partial charge in [0.25, 0.3) is 0 Å². The van der Waals surface area contributed by atoms with Gasteiger partial charge in [-0.15, -0.1) is 0 Å². The van der Waals surface area contributed by atoms with E-state index in [0.717, 1.165) is 6.07 Å². The number of nitrogens with two attached hydrogens (primary N) is 1. The maximum absolute atomic E-state index is 13.5. The summed E-state index contributed by atoms with van der Waals surface area (Å²) in [6.07, 6.45) is 1.74. The van der Waals surface area contributed by atoms with Gasteiger partial charge in [0, 0.05) is 18.0 Å². The van der Waals surface area contributed by atoms with Gasteiger partial charge < -0.3 is 5.73 Å². The summed E-state index contributed by atoms with van der Waals surface area (Å²) in [6, 6.07) is 2.39. The van der Waals surface area contributed by atoms with Gasteiger partial charge in [0.15, 0.2) is 17.5 Å².